The third-order valence-electron chi connectivity index (χ3n) is 3.07. The molecule has 0 bridgehead atoms. The Bertz CT molecular complexity index is 639. The van der Waals surface area contributed by atoms with Gasteiger partial charge in [-0.15, -0.1) is 12.4 Å². The maximum atomic E-state index is 12.2. The van der Waals surface area contributed by atoms with Gasteiger partial charge in [-0.3, -0.25) is 4.79 Å². The normalized spacial score (nSPS) is 12.0. The molecule has 0 radical (unpaired) electrons. The first kappa shape index (κ1) is 22.4. The number of halogens is 1. The van der Waals surface area contributed by atoms with E-state index in [-0.39, 0.29) is 42.2 Å². The van der Waals surface area contributed by atoms with E-state index in [1.54, 1.807) is 6.92 Å². The highest BCUT2D eigenvalue weighted by atomic mass is 35.5. The van der Waals surface area contributed by atoms with Crippen molar-refractivity contribution in [1.82, 2.24) is 10.0 Å². The van der Waals surface area contributed by atoms with Crippen molar-refractivity contribution in [3.63, 3.8) is 0 Å². The first-order chi connectivity index (χ1) is 10.8. The van der Waals surface area contributed by atoms with Gasteiger partial charge in [0.15, 0.2) is 11.5 Å². The van der Waals surface area contributed by atoms with Crippen molar-refractivity contribution >= 4 is 28.3 Å². The molecule has 1 atom stereocenters. The highest BCUT2D eigenvalue weighted by Gasteiger charge is 2.17. The summed E-state index contributed by atoms with van der Waals surface area (Å²) >= 11 is 0. The largest absolute Gasteiger partial charge is 0.493 e. The summed E-state index contributed by atoms with van der Waals surface area (Å²) in [6.07, 6.45) is 0.0247. The van der Waals surface area contributed by atoms with E-state index in [2.05, 4.69) is 10.0 Å². The quantitative estimate of drug-likeness (QED) is 0.564. The van der Waals surface area contributed by atoms with Gasteiger partial charge in [-0.05, 0) is 19.1 Å². The Labute approximate surface area is 148 Å². The van der Waals surface area contributed by atoms with Gasteiger partial charge >= 0.3 is 0 Å². The van der Waals surface area contributed by atoms with Crippen LogP contribution in [0.2, 0.25) is 0 Å². The van der Waals surface area contributed by atoms with Gasteiger partial charge in [-0.2, -0.15) is 0 Å². The molecule has 1 aromatic carbocycles. The number of nitrogens with one attached hydrogen (secondary N) is 2. The van der Waals surface area contributed by atoms with E-state index >= 15 is 0 Å². The molecule has 0 aliphatic heterocycles. The summed E-state index contributed by atoms with van der Waals surface area (Å²) in [5.41, 5.74) is 5.40. The standard InChI is InChI=1S/C14H23N3O5S.ClH/c1-10(9-15)17-14(18)6-7-16-23(19,20)11-4-5-12(21-2)13(8-11)22-3;/h4-5,8,10,16H,6-7,9,15H2,1-3H3,(H,17,18);1H/t10-;/m0./s1. The Hall–Kier alpha value is -1.55. The van der Waals surface area contributed by atoms with Crippen LogP contribution < -0.4 is 25.2 Å². The second-order valence-corrected chi connectivity index (χ2v) is 6.64. The average molecular weight is 382 g/mol. The van der Waals surface area contributed by atoms with Crippen LogP contribution in [-0.4, -0.2) is 47.7 Å². The number of sulfonamides is 1. The van der Waals surface area contributed by atoms with Gasteiger partial charge in [0.2, 0.25) is 15.9 Å². The minimum Gasteiger partial charge on any atom is -0.493 e. The Morgan fingerprint density at radius 1 is 1.25 bits per heavy atom. The zero-order valence-electron chi connectivity index (χ0n) is 13.9. The Kier molecular flexibility index (Phi) is 9.67. The lowest BCUT2D eigenvalue weighted by molar-refractivity contribution is -0.121. The lowest BCUT2D eigenvalue weighted by Gasteiger charge is -2.12. The van der Waals surface area contributed by atoms with E-state index in [4.69, 9.17) is 15.2 Å². The number of methoxy groups -OCH3 is 2. The van der Waals surface area contributed by atoms with Crippen molar-refractivity contribution in [2.45, 2.75) is 24.3 Å². The maximum Gasteiger partial charge on any atom is 0.240 e. The fourth-order valence-corrected chi connectivity index (χ4v) is 2.82. The molecule has 1 aromatic rings. The van der Waals surface area contributed by atoms with Crippen molar-refractivity contribution in [3.8, 4) is 11.5 Å². The molecule has 0 aromatic heterocycles. The van der Waals surface area contributed by atoms with Crippen LogP contribution in [0.4, 0.5) is 0 Å². The number of amides is 1. The first-order valence-corrected chi connectivity index (χ1v) is 8.53. The van der Waals surface area contributed by atoms with Gasteiger partial charge in [0.05, 0.1) is 19.1 Å². The lowest BCUT2D eigenvalue weighted by atomic mass is 10.3. The number of rotatable bonds is 9. The number of carbonyl (C=O) groups excluding carboxylic acids is 1. The summed E-state index contributed by atoms with van der Waals surface area (Å²) in [4.78, 5) is 11.6. The number of hydrogen-bond donors (Lipinski definition) is 3. The van der Waals surface area contributed by atoms with Crippen LogP contribution >= 0.6 is 12.4 Å². The topological polar surface area (TPSA) is 120 Å². The third kappa shape index (κ3) is 6.52. The molecule has 0 saturated carbocycles. The van der Waals surface area contributed by atoms with E-state index in [1.165, 1.54) is 32.4 Å². The van der Waals surface area contributed by atoms with Crippen LogP contribution in [0.3, 0.4) is 0 Å². The van der Waals surface area contributed by atoms with Gasteiger partial charge < -0.3 is 20.5 Å². The van der Waals surface area contributed by atoms with Gasteiger partial charge in [-0.25, -0.2) is 13.1 Å². The van der Waals surface area contributed by atoms with Gasteiger partial charge in [0.1, 0.15) is 0 Å². The molecule has 0 fully saturated rings. The second-order valence-electron chi connectivity index (χ2n) is 4.87. The molecule has 1 rings (SSSR count). The predicted molar refractivity (Wildman–Crippen MR) is 93.3 cm³/mol. The minimum absolute atomic E-state index is 0. The molecule has 8 nitrogen and oxygen atoms in total. The third-order valence-corrected chi connectivity index (χ3v) is 4.53. The molecular weight excluding hydrogens is 358 g/mol. The molecule has 4 N–H and O–H groups in total. The van der Waals surface area contributed by atoms with Gasteiger partial charge in [0.25, 0.3) is 0 Å². The molecule has 0 aliphatic carbocycles. The number of hydrogen-bond acceptors (Lipinski definition) is 6. The Morgan fingerprint density at radius 3 is 2.42 bits per heavy atom. The summed E-state index contributed by atoms with van der Waals surface area (Å²) in [5, 5.41) is 2.65. The Morgan fingerprint density at radius 2 is 1.88 bits per heavy atom. The molecule has 0 unspecified atom stereocenters. The monoisotopic (exact) mass is 381 g/mol. The zero-order chi connectivity index (χ0) is 17.5. The molecular formula is C14H24ClN3O5S. The van der Waals surface area contributed by atoms with Crippen LogP contribution in [-0.2, 0) is 14.8 Å². The van der Waals surface area contributed by atoms with Crippen LogP contribution in [0.15, 0.2) is 23.1 Å². The highest BCUT2D eigenvalue weighted by Crippen LogP contribution is 2.29. The lowest BCUT2D eigenvalue weighted by Crippen LogP contribution is -2.39. The van der Waals surface area contributed by atoms with E-state index in [0.29, 0.717) is 18.0 Å². The van der Waals surface area contributed by atoms with Crippen molar-refractivity contribution in [2.75, 3.05) is 27.3 Å². The Balaban J connectivity index is 0.00000529. The van der Waals surface area contributed by atoms with Crippen LogP contribution in [0.1, 0.15) is 13.3 Å². The predicted octanol–water partition coefficient (Wildman–Crippen LogP) is 0.257. The molecule has 0 heterocycles. The molecule has 0 saturated heterocycles. The van der Waals surface area contributed by atoms with E-state index in [1.807, 2.05) is 0 Å². The zero-order valence-corrected chi connectivity index (χ0v) is 15.5. The number of benzene rings is 1. The molecule has 0 spiro atoms. The SMILES string of the molecule is COc1ccc(S(=O)(=O)NCCC(=O)N[C@@H](C)CN)cc1OC.Cl. The summed E-state index contributed by atoms with van der Waals surface area (Å²) < 4.78 is 36.9. The molecule has 10 heteroatoms. The van der Waals surface area contributed by atoms with Crippen molar-refractivity contribution in [1.29, 1.82) is 0 Å². The average Bonchev–Trinajstić information content (AvgIpc) is 2.53. The van der Waals surface area contributed by atoms with Gasteiger partial charge in [-0.1, -0.05) is 0 Å². The smallest absolute Gasteiger partial charge is 0.240 e. The summed E-state index contributed by atoms with van der Waals surface area (Å²) in [5.74, 6) is 0.476. The number of carbonyl (C=O) groups is 1. The van der Waals surface area contributed by atoms with Crippen molar-refractivity contribution in [3.05, 3.63) is 18.2 Å². The molecule has 138 valence electrons. The van der Waals surface area contributed by atoms with Crippen LogP contribution in [0.5, 0.6) is 11.5 Å². The number of ether oxygens (including phenoxy) is 2. The fourth-order valence-electron chi connectivity index (χ4n) is 1.77. The molecule has 0 aliphatic rings. The van der Waals surface area contributed by atoms with Crippen molar-refractivity contribution < 1.29 is 22.7 Å². The number of nitrogens with two attached hydrogens (primary N) is 1. The van der Waals surface area contributed by atoms with Crippen LogP contribution in [0.25, 0.3) is 0 Å². The first-order valence-electron chi connectivity index (χ1n) is 7.05. The van der Waals surface area contributed by atoms with E-state index in [9.17, 15) is 13.2 Å². The maximum absolute atomic E-state index is 12.2. The fraction of sp³-hybridized carbons (Fsp3) is 0.500. The second kappa shape index (κ2) is 10.3. The highest BCUT2D eigenvalue weighted by molar-refractivity contribution is 7.89. The summed E-state index contributed by atoms with van der Waals surface area (Å²) in [6.45, 7) is 2.08. The summed E-state index contributed by atoms with van der Waals surface area (Å²) in [6, 6.07) is 4.12. The minimum atomic E-state index is -3.74. The summed E-state index contributed by atoms with van der Waals surface area (Å²) in [7, 11) is -0.853. The molecule has 1 amide bonds. The van der Waals surface area contributed by atoms with Crippen molar-refractivity contribution in [2.24, 2.45) is 5.73 Å². The van der Waals surface area contributed by atoms with E-state index < -0.39 is 10.0 Å². The molecule has 24 heavy (non-hydrogen) atoms. The van der Waals surface area contributed by atoms with Crippen LogP contribution in [0, 0.1) is 0 Å². The van der Waals surface area contributed by atoms with E-state index in [0.717, 1.165) is 0 Å². The van der Waals surface area contributed by atoms with Gasteiger partial charge in [0, 0.05) is 31.6 Å².